The van der Waals surface area contributed by atoms with E-state index in [1.165, 1.54) is 21.8 Å². The fraction of sp³-hybridized carbons (Fsp3) is 0.259. The Kier molecular flexibility index (Phi) is 6.63. The molecule has 4 rings (SSSR count). The Morgan fingerprint density at radius 1 is 1.03 bits per heavy atom. The molecule has 1 heterocycles. The molecule has 0 spiro atoms. The van der Waals surface area contributed by atoms with Gasteiger partial charge in [-0.05, 0) is 61.7 Å². The number of nitrogens with zero attached hydrogens (tertiary/aromatic N) is 2. The summed E-state index contributed by atoms with van der Waals surface area (Å²) in [6.07, 6.45) is -0.454. The fourth-order valence-corrected chi connectivity index (χ4v) is 4.04. The summed E-state index contributed by atoms with van der Waals surface area (Å²) in [5.41, 5.74) is 4.87. The summed E-state index contributed by atoms with van der Waals surface area (Å²) in [7, 11) is 0. The second kappa shape index (κ2) is 9.77. The minimum absolute atomic E-state index is 0.400. The summed E-state index contributed by atoms with van der Waals surface area (Å²) in [6.45, 7) is 6.70. The monoisotopic (exact) mass is 444 g/mol. The number of aliphatic carboxylic acids is 1. The van der Waals surface area contributed by atoms with Gasteiger partial charge in [0.05, 0.1) is 12.3 Å². The Bertz CT molecular complexity index is 1270. The number of rotatable bonds is 9. The molecular weight excluding hydrogens is 416 g/mol. The van der Waals surface area contributed by atoms with Crippen molar-refractivity contribution in [2.45, 2.75) is 39.8 Å². The molecule has 0 fully saturated rings. The summed E-state index contributed by atoms with van der Waals surface area (Å²) >= 11 is 0. The molecule has 1 atom stereocenters. The molecule has 0 saturated carbocycles. The SMILES string of the molecule is CCC(Oc1ccc(/C(C)=N/OCCn2c3ccccc3c3ccccc32)cc1C)C(=O)O. The third kappa shape index (κ3) is 4.70. The number of carboxylic acid groups (broad SMARTS) is 1. The fourth-order valence-electron chi connectivity index (χ4n) is 4.04. The van der Waals surface area contributed by atoms with Gasteiger partial charge >= 0.3 is 5.97 Å². The molecule has 6 nitrogen and oxygen atoms in total. The van der Waals surface area contributed by atoms with Crippen LogP contribution in [0.3, 0.4) is 0 Å². The number of ether oxygens (including phenoxy) is 1. The van der Waals surface area contributed by atoms with Crippen LogP contribution in [0.1, 0.15) is 31.4 Å². The lowest BCUT2D eigenvalue weighted by atomic mass is 10.1. The number of para-hydroxylation sites is 2. The Balaban J connectivity index is 1.44. The van der Waals surface area contributed by atoms with Crippen LogP contribution in [-0.4, -0.2) is 34.1 Å². The highest BCUT2D eigenvalue weighted by Crippen LogP contribution is 2.28. The largest absolute Gasteiger partial charge is 0.479 e. The van der Waals surface area contributed by atoms with Gasteiger partial charge < -0.3 is 19.2 Å². The average Bonchev–Trinajstić information content (AvgIpc) is 3.14. The second-order valence-corrected chi connectivity index (χ2v) is 8.03. The Morgan fingerprint density at radius 2 is 1.67 bits per heavy atom. The maximum Gasteiger partial charge on any atom is 0.344 e. The molecule has 4 aromatic rings. The number of carbonyl (C=O) groups is 1. The van der Waals surface area contributed by atoms with E-state index in [0.29, 0.717) is 25.3 Å². The van der Waals surface area contributed by atoms with Gasteiger partial charge in [-0.25, -0.2) is 4.79 Å². The van der Waals surface area contributed by atoms with E-state index in [4.69, 9.17) is 9.57 Å². The van der Waals surface area contributed by atoms with Crippen LogP contribution < -0.4 is 4.74 Å². The maximum absolute atomic E-state index is 11.2. The Labute approximate surface area is 193 Å². The number of carboxylic acids is 1. The smallest absolute Gasteiger partial charge is 0.344 e. The first-order valence-corrected chi connectivity index (χ1v) is 11.1. The second-order valence-electron chi connectivity index (χ2n) is 8.03. The zero-order chi connectivity index (χ0) is 23.4. The lowest BCUT2D eigenvalue weighted by Gasteiger charge is -2.15. The molecule has 0 aliphatic heterocycles. The standard InChI is InChI=1S/C27H28N2O4/c1-4-25(27(30)31)33-26-14-13-20(17-18(26)2)19(3)28-32-16-15-29-23-11-7-5-9-21(23)22-10-6-8-12-24(22)29/h5-14,17,25H,4,15-16H2,1-3H3,(H,30,31)/b28-19+. The van der Waals surface area contributed by atoms with Crippen molar-refractivity contribution < 1.29 is 19.5 Å². The normalized spacial score (nSPS) is 12.8. The van der Waals surface area contributed by atoms with Gasteiger partial charge in [0.1, 0.15) is 12.4 Å². The minimum atomic E-state index is -0.963. The topological polar surface area (TPSA) is 73.0 Å². The molecule has 0 radical (unpaired) electrons. The van der Waals surface area contributed by atoms with Crippen molar-refractivity contribution in [3.05, 3.63) is 77.9 Å². The molecule has 0 saturated heterocycles. The number of benzene rings is 3. The molecule has 0 aliphatic rings. The van der Waals surface area contributed by atoms with Crippen LogP contribution in [0.5, 0.6) is 5.75 Å². The molecule has 6 heteroatoms. The molecule has 1 aromatic heterocycles. The highest BCUT2D eigenvalue weighted by Gasteiger charge is 2.18. The molecule has 3 aromatic carbocycles. The number of hydrogen-bond acceptors (Lipinski definition) is 4. The first-order chi connectivity index (χ1) is 16.0. The zero-order valence-electron chi connectivity index (χ0n) is 19.1. The van der Waals surface area contributed by atoms with Gasteiger partial charge in [0.2, 0.25) is 0 Å². The van der Waals surface area contributed by atoms with Crippen LogP contribution in [0.2, 0.25) is 0 Å². The number of aryl methyl sites for hydroxylation is 1. The van der Waals surface area contributed by atoms with Crippen molar-refractivity contribution in [1.82, 2.24) is 4.57 Å². The molecular formula is C27H28N2O4. The van der Waals surface area contributed by atoms with Crippen molar-refractivity contribution in [3.63, 3.8) is 0 Å². The quantitative estimate of drug-likeness (QED) is 0.202. The van der Waals surface area contributed by atoms with E-state index in [0.717, 1.165) is 16.8 Å². The summed E-state index contributed by atoms with van der Waals surface area (Å²) in [4.78, 5) is 16.9. The third-order valence-electron chi connectivity index (χ3n) is 5.80. The Morgan fingerprint density at radius 3 is 2.24 bits per heavy atom. The molecule has 33 heavy (non-hydrogen) atoms. The first-order valence-electron chi connectivity index (χ1n) is 11.1. The maximum atomic E-state index is 11.2. The number of hydrogen-bond donors (Lipinski definition) is 1. The van der Waals surface area contributed by atoms with E-state index < -0.39 is 12.1 Å². The molecule has 0 aliphatic carbocycles. The number of fused-ring (bicyclic) bond motifs is 3. The van der Waals surface area contributed by atoms with Crippen molar-refractivity contribution in [2.75, 3.05) is 6.61 Å². The summed E-state index contributed by atoms with van der Waals surface area (Å²) < 4.78 is 7.89. The van der Waals surface area contributed by atoms with Gasteiger partial charge in [-0.2, -0.15) is 0 Å². The summed E-state index contributed by atoms with van der Waals surface area (Å²) in [5, 5.41) is 16.0. The highest BCUT2D eigenvalue weighted by molar-refractivity contribution is 6.07. The van der Waals surface area contributed by atoms with E-state index in [1.54, 1.807) is 13.0 Å². The molecule has 0 bridgehead atoms. The number of aromatic nitrogens is 1. The molecule has 170 valence electrons. The van der Waals surface area contributed by atoms with E-state index >= 15 is 0 Å². The van der Waals surface area contributed by atoms with Crippen LogP contribution in [0.25, 0.3) is 21.8 Å². The lowest BCUT2D eigenvalue weighted by molar-refractivity contribution is -0.145. The van der Waals surface area contributed by atoms with Gasteiger partial charge in [0, 0.05) is 21.8 Å². The summed E-state index contributed by atoms with van der Waals surface area (Å²) in [6, 6.07) is 22.4. The van der Waals surface area contributed by atoms with Crippen LogP contribution in [0.4, 0.5) is 0 Å². The van der Waals surface area contributed by atoms with E-state index in [1.807, 2.05) is 26.0 Å². The minimum Gasteiger partial charge on any atom is -0.479 e. The van der Waals surface area contributed by atoms with E-state index in [2.05, 4.69) is 58.3 Å². The molecule has 1 unspecified atom stereocenters. The Hall–Kier alpha value is -3.80. The molecule has 0 amide bonds. The predicted octanol–water partition coefficient (Wildman–Crippen LogP) is 5.79. The molecule has 1 N–H and O–H groups in total. The zero-order valence-corrected chi connectivity index (χ0v) is 19.1. The third-order valence-corrected chi connectivity index (χ3v) is 5.80. The van der Waals surface area contributed by atoms with E-state index in [-0.39, 0.29) is 0 Å². The van der Waals surface area contributed by atoms with Crippen LogP contribution in [-0.2, 0) is 16.2 Å². The van der Waals surface area contributed by atoms with Gasteiger partial charge in [-0.15, -0.1) is 0 Å². The average molecular weight is 445 g/mol. The van der Waals surface area contributed by atoms with Crippen LogP contribution >= 0.6 is 0 Å². The van der Waals surface area contributed by atoms with Gasteiger partial charge in [0.25, 0.3) is 0 Å². The van der Waals surface area contributed by atoms with Crippen LogP contribution in [0.15, 0.2) is 71.9 Å². The van der Waals surface area contributed by atoms with Gasteiger partial charge in [0.15, 0.2) is 6.10 Å². The lowest BCUT2D eigenvalue weighted by Crippen LogP contribution is -2.26. The predicted molar refractivity (Wildman–Crippen MR) is 131 cm³/mol. The van der Waals surface area contributed by atoms with Crippen LogP contribution in [0, 0.1) is 6.92 Å². The van der Waals surface area contributed by atoms with Crippen molar-refractivity contribution >= 4 is 33.5 Å². The first kappa shape index (κ1) is 22.4. The van der Waals surface area contributed by atoms with Gasteiger partial charge in [-0.1, -0.05) is 48.5 Å². The van der Waals surface area contributed by atoms with Gasteiger partial charge in [-0.3, -0.25) is 0 Å². The van der Waals surface area contributed by atoms with E-state index in [9.17, 15) is 9.90 Å². The van der Waals surface area contributed by atoms with Crippen molar-refractivity contribution in [3.8, 4) is 5.75 Å². The van der Waals surface area contributed by atoms with Crippen molar-refractivity contribution in [1.29, 1.82) is 0 Å². The number of oxime groups is 1. The highest BCUT2D eigenvalue weighted by atomic mass is 16.6. The van der Waals surface area contributed by atoms with Crippen molar-refractivity contribution in [2.24, 2.45) is 5.16 Å². The summed E-state index contributed by atoms with van der Waals surface area (Å²) in [5.74, 6) is -0.400.